The lowest BCUT2D eigenvalue weighted by Crippen LogP contribution is -2.09. The molecule has 0 atom stereocenters. The van der Waals surface area contributed by atoms with Crippen molar-refractivity contribution in [2.45, 2.75) is 26.1 Å². The zero-order chi connectivity index (χ0) is 26.7. The number of hydrogen-bond acceptors (Lipinski definition) is 6. The number of benzene rings is 4. The number of carbonyl (C=O) groups is 2. The second-order valence-electron chi connectivity index (χ2n) is 8.59. The summed E-state index contributed by atoms with van der Waals surface area (Å²) < 4.78 is 22.1. The van der Waals surface area contributed by atoms with Gasteiger partial charge in [-0.3, -0.25) is 9.59 Å². The van der Waals surface area contributed by atoms with Crippen LogP contribution < -0.4 is 7.80 Å². The maximum Gasteiger partial charge on any atom is 0.310 e. The number of methoxy groups -OCH3 is 1. The quantitative estimate of drug-likeness (QED) is 0.138. The van der Waals surface area contributed by atoms with Gasteiger partial charge in [0.25, 0.3) is 0 Å². The monoisotopic (exact) mass is 622 g/mol. The number of esters is 2. The second kappa shape index (κ2) is 13.6. The third-order valence-corrected chi connectivity index (χ3v) is 6.34. The van der Waals surface area contributed by atoms with Crippen LogP contribution >= 0.6 is 23.0 Å². The van der Waals surface area contributed by atoms with E-state index < -0.39 is 0 Å². The Hall–Kier alpha value is -3.85. The Labute approximate surface area is 236 Å². The van der Waals surface area contributed by atoms with Gasteiger partial charge in [-0.05, 0) is 46.5 Å². The van der Waals surface area contributed by atoms with Crippen molar-refractivity contribution in [3.8, 4) is 22.6 Å². The molecule has 4 aromatic carbocycles. The van der Waals surface area contributed by atoms with Gasteiger partial charge in [-0.15, -0.1) is 0 Å². The van der Waals surface area contributed by atoms with Gasteiger partial charge < -0.3 is 17.3 Å². The van der Waals surface area contributed by atoms with Crippen LogP contribution in [0.4, 0.5) is 0 Å². The standard InChI is InChI=1S/C31H27IO6/c1-35-28-14-12-24(18-30(33)36-20-22-8-4-2-5-9-22)16-26(28)27-17-25(13-15-29(27)38-32)19-31(34)37-21-23-10-6-3-7-11-23/h2-17H,18-21H2,1H3. The fourth-order valence-corrected chi connectivity index (χ4v) is 4.34. The van der Waals surface area contributed by atoms with Crippen LogP contribution in [0.3, 0.4) is 0 Å². The molecule has 4 rings (SSSR count). The van der Waals surface area contributed by atoms with Crippen molar-refractivity contribution in [2.75, 3.05) is 7.11 Å². The van der Waals surface area contributed by atoms with E-state index in [-0.39, 0.29) is 38.0 Å². The Kier molecular flexibility index (Phi) is 9.75. The number of rotatable bonds is 11. The zero-order valence-corrected chi connectivity index (χ0v) is 23.1. The van der Waals surface area contributed by atoms with Gasteiger partial charge in [0.15, 0.2) is 23.0 Å². The van der Waals surface area contributed by atoms with E-state index in [2.05, 4.69) is 0 Å². The highest BCUT2D eigenvalue weighted by molar-refractivity contribution is 14.1. The smallest absolute Gasteiger partial charge is 0.310 e. The van der Waals surface area contributed by atoms with Gasteiger partial charge in [-0.25, -0.2) is 0 Å². The molecule has 4 aromatic rings. The molecule has 0 aliphatic carbocycles. The highest BCUT2D eigenvalue weighted by Crippen LogP contribution is 2.38. The van der Waals surface area contributed by atoms with E-state index in [4.69, 9.17) is 17.3 Å². The molecule has 0 radical (unpaired) electrons. The number of carbonyl (C=O) groups excluding carboxylic acids is 2. The van der Waals surface area contributed by atoms with Crippen LogP contribution in [0.1, 0.15) is 22.3 Å². The van der Waals surface area contributed by atoms with Gasteiger partial charge in [0, 0.05) is 11.1 Å². The first kappa shape index (κ1) is 27.2. The van der Waals surface area contributed by atoms with E-state index in [1.54, 1.807) is 7.11 Å². The van der Waals surface area contributed by atoms with E-state index in [0.29, 0.717) is 11.5 Å². The summed E-state index contributed by atoms with van der Waals surface area (Å²) in [6.45, 7) is 0.440. The van der Waals surface area contributed by atoms with Crippen molar-refractivity contribution < 1.29 is 26.9 Å². The zero-order valence-electron chi connectivity index (χ0n) is 20.9. The molecule has 0 heterocycles. The molecule has 0 aromatic heterocycles. The molecular formula is C31H27IO6. The largest absolute Gasteiger partial charge is 0.496 e. The molecular weight excluding hydrogens is 595 g/mol. The molecule has 7 heteroatoms. The van der Waals surface area contributed by atoms with Gasteiger partial charge in [0.05, 0.1) is 20.0 Å². The summed E-state index contributed by atoms with van der Waals surface area (Å²) in [6.07, 6.45) is 0.213. The first-order chi connectivity index (χ1) is 18.6. The molecule has 0 bridgehead atoms. The van der Waals surface area contributed by atoms with Crippen LogP contribution in [0.5, 0.6) is 11.5 Å². The van der Waals surface area contributed by atoms with Gasteiger partial charge in [0.1, 0.15) is 24.7 Å². The molecule has 0 spiro atoms. The van der Waals surface area contributed by atoms with Gasteiger partial charge in [-0.2, -0.15) is 0 Å². The summed E-state index contributed by atoms with van der Waals surface area (Å²) in [6, 6.07) is 30.2. The van der Waals surface area contributed by atoms with Crippen molar-refractivity contribution in [2.24, 2.45) is 0 Å². The number of hydrogen-bond donors (Lipinski definition) is 0. The first-order valence-electron chi connectivity index (χ1n) is 12.0. The molecule has 6 nitrogen and oxygen atoms in total. The molecule has 0 amide bonds. The number of ether oxygens (including phenoxy) is 3. The summed E-state index contributed by atoms with van der Waals surface area (Å²) in [4.78, 5) is 25.0. The third-order valence-electron chi connectivity index (χ3n) is 5.86. The van der Waals surface area contributed by atoms with Crippen molar-refractivity contribution >= 4 is 34.9 Å². The summed E-state index contributed by atoms with van der Waals surface area (Å²) in [7, 11) is 1.59. The summed E-state index contributed by atoms with van der Waals surface area (Å²) in [5, 5.41) is 0. The normalized spacial score (nSPS) is 10.5. The van der Waals surface area contributed by atoms with E-state index in [0.717, 1.165) is 33.4 Å². The van der Waals surface area contributed by atoms with E-state index in [1.165, 1.54) is 0 Å². The highest BCUT2D eigenvalue weighted by Gasteiger charge is 2.17. The molecule has 38 heavy (non-hydrogen) atoms. The van der Waals surface area contributed by atoms with Crippen molar-refractivity contribution in [3.63, 3.8) is 0 Å². The Bertz CT molecular complexity index is 1270. The van der Waals surface area contributed by atoms with Crippen molar-refractivity contribution in [1.82, 2.24) is 0 Å². The average molecular weight is 622 g/mol. The topological polar surface area (TPSA) is 71.1 Å². The highest BCUT2D eigenvalue weighted by atomic mass is 127. The molecule has 194 valence electrons. The van der Waals surface area contributed by atoms with Crippen molar-refractivity contribution in [3.05, 3.63) is 119 Å². The minimum atomic E-state index is -0.329. The molecule has 0 aliphatic rings. The SMILES string of the molecule is COc1ccc(CC(=O)OCc2ccccc2)cc1-c1cc(CC(=O)OCc2ccccc2)ccc1OI. The fraction of sp³-hybridized carbons (Fsp3) is 0.161. The van der Waals surface area contributed by atoms with Crippen LogP contribution in [-0.4, -0.2) is 19.0 Å². The van der Waals surface area contributed by atoms with Crippen LogP contribution in [0.25, 0.3) is 11.1 Å². The van der Waals surface area contributed by atoms with E-state index >= 15 is 0 Å². The lowest BCUT2D eigenvalue weighted by atomic mass is 9.97. The third kappa shape index (κ3) is 7.58. The van der Waals surface area contributed by atoms with Gasteiger partial charge in [-0.1, -0.05) is 72.8 Å². The minimum absolute atomic E-state index is 0.106. The number of halogens is 1. The van der Waals surface area contributed by atoms with Gasteiger partial charge >= 0.3 is 11.9 Å². The molecule has 0 saturated carbocycles. The Morgan fingerprint density at radius 2 is 1.05 bits per heavy atom. The van der Waals surface area contributed by atoms with E-state index in [9.17, 15) is 9.59 Å². The minimum Gasteiger partial charge on any atom is -0.496 e. The van der Waals surface area contributed by atoms with Crippen LogP contribution in [0, 0.1) is 0 Å². The Morgan fingerprint density at radius 3 is 1.50 bits per heavy atom. The maximum absolute atomic E-state index is 12.5. The molecule has 0 saturated heterocycles. The predicted molar refractivity (Wildman–Crippen MR) is 153 cm³/mol. The first-order valence-corrected chi connectivity index (χ1v) is 12.9. The summed E-state index contributed by atoms with van der Waals surface area (Å²) in [5.41, 5.74) is 4.88. The van der Waals surface area contributed by atoms with Gasteiger partial charge in [0.2, 0.25) is 0 Å². The molecule has 0 fully saturated rings. The Balaban J connectivity index is 1.50. The summed E-state index contributed by atoms with van der Waals surface area (Å²) >= 11 is 1.82. The van der Waals surface area contributed by atoms with Crippen LogP contribution in [-0.2, 0) is 45.1 Å². The van der Waals surface area contributed by atoms with Crippen LogP contribution in [0.15, 0.2) is 97.1 Å². The van der Waals surface area contributed by atoms with E-state index in [1.807, 2.05) is 120 Å². The fourth-order valence-electron chi connectivity index (χ4n) is 3.95. The predicted octanol–water partition coefficient (Wildman–Crippen LogP) is 6.66. The lowest BCUT2D eigenvalue weighted by Gasteiger charge is -2.15. The molecule has 0 N–H and O–H groups in total. The molecule has 0 aliphatic heterocycles. The van der Waals surface area contributed by atoms with Crippen LogP contribution in [0.2, 0.25) is 0 Å². The average Bonchev–Trinajstić information content (AvgIpc) is 2.96. The Morgan fingerprint density at radius 1 is 0.605 bits per heavy atom. The lowest BCUT2D eigenvalue weighted by molar-refractivity contribution is -0.145. The second-order valence-corrected chi connectivity index (χ2v) is 9.03. The molecule has 0 unspecified atom stereocenters. The van der Waals surface area contributed by atoms with Crippen molar-refractivity contribution in [1.29, 1.82) is 0 Å². The maximum atomic E-state index is 12.5. The summed E-state index contributed by atoms with van der Waals surface area (Å²) in [5.74, 6) is 0.564.